The van der Waals surface area contributed by atoms with Crippen molar-refractivity contribution >= 4 is 5.97 Å². The van der Waals surface area contributed by atoms with E-state index in [-0.39, 0.29) is 101 Å². The molecule has 0 fully saturated rings. The monoisotopic (exact) mass is 577 g/mol. The largest absolute Gasteiger partial charge is 0.481 e. The summed E-state index contributed by atoms with van der Waals surface area (Å²) >= 11 is 0. The zero-order valence-corrected chi connectivity index (χ0v) is 15.4. The molecule has 0 aliphatic rings. The van der Waals surface area contributed by atoms with Gasteiger partial charge in [0.25, 0.3) is 0 Å². The summed E-state index contributed by atoms with van der Waals surface area (Å²) in [5.41, 5.74) is 0. The quantitative estimate of drug-likeness (QED) is 0.0949. The van der Waals surface area contributed by atoms with E-state index in [1.54, 1.807) is 0 Å². The number of hydrogen-bond donors (Lipinski definition) is 7. The van der Waals surface area contributed by atoms with Gasteiger partial charge in [0.15, 0.2) is 18.9 Å². The first kappa shape index (κ1) is 85.0. The molecule has 0 bridgehead atoms. The van der Waals surface area contributed by atoms with Gasteiger partial charge in [-0.05, 0) is 0 Å². The van der Waals surface area contributed by atoms with E-state index in [9.17, 15) is 4.79 Å². The molecule has 22 N–H and O–H groups in total. The average molecular weight is 579 g/mol. The molecule has 0 aliphatic heterocycles. The Morgan fingerprint density at radius 3 is 0.833 bits per heavy atom. The fourth-order valence-electron chi connectivity index (χ4n) is 0.345. The van der Waals surface area contributed by atoms with Crippen molar-refractivity contribution in [3.63, 3.8) is 0 Å². The summed E-state index contributed by atoms with van der Waals surface area (Å²) in [6.45, 7) is 0. The van der Waals surface area contributed by atoms with Gasteiger partial charge in [-0.2, -0.15) is 0 Å². The third-order valence-corrected chi connectivity index (χ3v) is 0.779. The van der Waals surface area contributed by atoms with Crippen molar-refractivity contribution in [1.82, 2.24) is 0 Å². The number of hydrogen-bond acceptors (Lipinski definition) is 7. The van der Waals surface area contributed by atoms with Gasteiger partial charge in [0.05, 0.1) is 6.42 Å². The maximum absolute atomic E-state index is 9.49. The summed E-state index contributed by atoms with van der Waals surface area (Å²) < 4.78 is 0. The minimum absolute atomic E-state index is 0. The van der Waals surface area contributed by atoms with Crippen LogP contribution in [0.4, 0.5) is 0 Å². The third kappa shape index (κ3) is 137. The average Bonchev–Trinajstić information content (AvgIpc) is 1.79. The molecule has 0 spiro atoms. The van der Waals surface area contributed by atoms with Crippen LogP contribution in [0.5, 0.6) is 0 Å². The number of aliphatic carboxylic acids is 1. The van der Waals surface area contributed by atoms with E-state index in [2.05, 4.69) is 0 Å². The molecule has 0 aromatic heterocycles. The Hall–Kier alpha value is 1.07. The zero-order chi connectivity index (χ0) is 11.7. The van der Waals surface area contributed by atoms with Crippen LogP contribution in [-0.4, -0.2) is 77.0 Å². The van der Waals surface area contributed by atoms with E-state index < -0.39 is 37.7 Å². The maximum atomic E-state index is 9.49. The first-order valence-electron chi connectivity index (χ1n) is 3.56. The molecule has 0 unspecified atom stereocenters. The molecule has 0 aliphatic carbocycles. The number of aliphatic hydroxyl groups excluding tert-OH is 3. The second-order valence-corrected chi connectivity index (χ2v) is 2.28. The molecule has 14 nitrogen and oxygen atoms in total. The van der Waals surface area contributed by atoms with Crippen LogP contribution in [0.25, 0.3) is 0 Å². The van der Waals surface area contributed by atoms with E-state index in [0.29, 0.717) is 0 Å². The predicted octanol–water partition coefficient (Wildman–Crippen LogP) is -8.48. The van der Waals surface area contributed by atoms with Crippen molar-refractivity contribution < 1.29 is 142 Å². The maximum Gasteiger partial charge on any atom is 0.308 e. The molecule has 0 amide bonds. The molecule has 0 heterocycles. The van der Waals surface area contributed by atoms with Crippen molar-refractivity contribution in [2.24, 2.45) is 0 Å². The van der Waals surface area contributed by atoms with Gasteiger partial charge in [-0.3, -0.25) is 4.79 Å². The van der Waals surface area contributed by atoms with Gasteiger partial charge < -0.3 is 68.6 Å². The van der Waals surface area contributed by atoms with Gasteiger partial charge in [-0.15, -0.1) is 0 Å². The fraction of sp³-hybridized carbons (Fsp3) is 0.833. The van der Waals surface area contributed by atoms with Crippen LogP contribution < -0.4 is 0 Å². The van der Waals surface area contributed by atoms with Crippen molar-refractivity contribution in [3.05, 3.63) is 0 Å². The Kier molecular flexibility index (Phi) is 200. The summed E-state index contributed by atoms with van der Waals surface area (Å²) in [6.07, 6.45) is -6.00. The van der Waals surface area contributed by atoms with Crippen molar-refractivity contribution in [2.75, 3.05) is 0 Å². The Balaban J connectivity index is -0.00000000847. The van der Waals surface area contributed by atoms with Crippen molar-refractivity contribution in [3.8, 4) is 0 Å². The summed E-state index contributed by atoms with van der Waals surface area (Å²) in [5.74, 6) is -1.21. The number of carbonyl (C=O) groups is 1. The molecule has 0 atom stereocenters. The van der Waals surface area contributed by atoms with Crippen molar-refractivity contribution in [1.29, 1.82) is 0 Å². The SMILES string of the molecule is O.O.O.O=C(O)CC(O)O.OC(O)CC(O)O.[Cu].[Cu].[Cu].[Cu].[OH3+].[OH3+].[OH3+]. The molecule has 0 saturated carbocycles. The molecular formula is C6H29Cu4O14+3. The van der Waals surface area contributed by atoms with Crippen LogP contribution in [0.3, 0.4) is 0 Å². The van der Waals surface area contributed by atoms with Gasteiger partial charge in [0.2, 0.25) is 0 Å². The van der Waals surface area contributed by atoms with E-state index in [4.69, 9.17) is 35.7 Å². The summed E-state index contributed by atoms with van der Waals surface area (Å²) in [5, 5.41) is 55.4. The second kappa shape index (κ2) is 56.4. The minimum atomic E-state index is -1.72. The minimum Gasteiger partial charge on any atom is -0.481 e. The molecule has 0 saturated heterocycles. The first-order chi connectivity index (χ1) is 6.25. The van der Waals surface area contributed by atoms with Gasteiger partial charge >= 0.3 is 5.97 Å². The van der Waals surface area contributed by atoms with Gasteiger partial charge in [0, 0.05) is 74.7 Å². The molecule has 24 heavy (non-hydrogen) atoms. The van der Waals surface area contributed by atoms with Crippen LogP contribution >= 0.6 is 0 Å². The van der Waals surface area contributed by atoms with Crippen LogP contribution in [-0.2, 0) is 89.5 Å². The van der Waals surface area contributed by atoms with Crippen LogP contribution in [0.2, 0.25) is 0 Å². The van der Waals surface area contributed by atoms with E-state index >= 15 is 0 Å². The third-order valence-electron chi connectivity index (χ3n) is 0.779. The summed E-state index contributed by atoms with van der Waals surface area (Å²) in [4.78, 5) is 9.49. The topological polar surface area (TPSA) is 352 Å². The molecule has 178 valence electrons. The molecule has 0 aromatic rings. The van der Waals surface area contributed by atoms with Crippen LogP contribution in [0.15, 0.2) is 0 Å². The second-order valence-electron chi connectivity index (χ2n) is 2.28. The zero-order valence-electron chi connectivity index (χ0n) is 11.6. The van der Waals surface area contributed by atoms with E-state index in [1.807, 2.05) is 0 Å². The Bertz CT molecular complexity index is 156. The summed E-state index contributed by atoms with van der Waals surface area (Å²) in [7, 11) is 0. The molecule has 18 heteroatoms. The Morgan fingerprint density at radius 2 is 0.833 bits per heavy atom. The molecular weight excluding hydrogens is 550 g/mol. The standard InChI is InChI=1S/C3H8O4.C3H6O4.4Cu.6H2O/c2*4-2(5)1-3(6)7;;;;;;;;;;/h2-7H,1H2;2,4-5H,1H2,(H,6,7);;;;;6*1H2/p+3. The first-order valence-corrected chi connectivity index (χ1v) is 3.56. The predicted molar refractivity (Wildman–Crippen MR) is 67.0 cm³/mol. The van der Waals surface area contributed by atoms with Gasteiger partial charge in [0.1, 0.15) is 0 Å². The Morgan fingerprint density at radius 1 is 0.625 bits per heavy atom. The van der Waals surface area contributed by atoms with Gasteiger partial charge in [-0.1, -0.05) is 0 Å². The molecule has 4 radical (unpaired) electrons. The fourth-order valence-corrected chi connectivity index (χ4v) is 0.345. The van der Waals surface area contributed by atoms with Crippen molar-refractivity contribution in [2.45, 2.75) is 31.7 Å². The molecule has 0 rings (SSSR count). The number of rotatable bonds is 4. The number of aliphatic hydroxyl groups is 6. The molecule has 0 aromatic carbocycles. The normalized spacial score (nSPS) is 6.04. The number of carboxylic acids is 1. The van der Waals surface area contributed by atoms with Crippen LogP contribution in [0.1, 0.15) is 12.8 Å². The Labute approximate surface area is 179 Å². The van der Waals surface area contributed by atoms with E-state index in [0.717, 1.165) is 0 Å². The summed E-state index contributed by atoms with van der Waals surface area (Å²) in [6, 6.07) is 0. The number of carboxylic acid groups (broad SMARTS) is 1. The van der Waals surface area contributed by atoms with Crippen LogP contribution in [0, 0.1) is 0 Å². The smallest absolute Gasteiger partial charge is 0.308 e. The van der Waals surface area contributed by atoms with Gasteiger partial charge in [-0.25, -0.2) is 0 Å². The van der Waals surface area contributed by atoms with E-state index in [1.165, 1.54) is 0 Å².